The van der Waals surface area contributed by atoms with Crippen LogP contribution in [0.1, 0.15) is 26.7 Å². The first-order chi connectivity index (χ1) is 10.2. The van der Waals surface area contributed by atoms with Crippen molar-refractivity contribution in [1.82, 2.24) is 5.32 Å². The van der Waals surface area contributed by atoms with E-state index in [0.29, 0.717) is 5.69 Å². The van der Waals surface area contributed by atoms with Gasteiger partial charge in [0.25, 0.3) is 0 Å². The van der Waals surface area contributed by atoms with E-state index in [-0.39, 0.29) is 11.2 Å². The third-order valence-electron chi connectivity index (χ3n) is 4.26. The first-order valence-electron chi connectivity index (χ1n) is 7.99. The van der Waals surface area contributed by atoms with Crippen molar-refractivity contribution in [2.45, 2.75) is 26.7 Å². The normalized spacial score (nSPS) is 22.2. The lowest BCUT2D eigenvalue weighted by atomic mass is 9.81. The summed E-state index contributed by atoms with van der Waals surface area (Å²) in [6.45, 7) is 9.31. The molecule has 1 saturated heterocycles. The van der Waals surface area contributed by atoms with Crippen LogP contribution in [0.4, 0.5) is 10.1 Å². The molecule has 1 aliphatic heterocycles. The maximum atomic E-state index is 14.1. The summed E-state index contributed by atoms with van der Waals surface area (Å²) in [4.78, 5) is 2.14. The van der Waals surface area contributed by atoms with Gasteiger partial charge >= 0.3 is 0 Å². The number of nitrogens with one attached hydrogen (secondary N) is 1. The predicted octanol–water partition coefficient (Wildman–Crippen LogP) is 3.06. The zero-order valence-electron chi connectivity index (χ0n) is 13.2. The molecule has 21 heavy (non-hydrogen) atoms. The lowest BCUT2D eigenvalue weighted by molar-refractivity contribution is -0.00295. The van der Waals surface area contributed by atoms with E-state index in [9.17, 15) is 4.39 Å². The maximum absolute atomic E-state index is 14.1. The monoisotopic (exact) mass is 294 g/mol. The number of halogens is 1. The largest absolute Gasteiger partial charge is 0.381 e. The summed E-state index contributed by atoms with van der Waals surface area (Å²) in [5.41, 5.74) is 0.772. The number of nitrogens with zero attached hydrogens (tertiary/aromatic N) is 1. The molecule has 2 rings (SSSR count). The van der Waals surface area contributed by atoms with Crippen LogP contribution in [-0.4, -0.2) is 39.4 Å². The molecule has 1 aliphatic rings. The summed E-state index contributed by atoms with van der Waals surface area (Å²) in [5.74, 6) is -0.144. The number of rotatable bonds is 7. The van der Waals surface area contributed by atoms with Crippen molar-refractivity contribution in [3.8, 4) is 0 Å². The van der Waals surface area contributed by atoms with E-state index in [1.54, 1.807) is 6.07 Å². The third kappa shape index (κ3) is 4.17. The molecule has 1 N–H and O–H groups in total. The van der Waals surface area contributed by atoms with E-state index in [0.717, 1.165) is 52.2 Å². The van der Waals surface area contributed by atoms with Crippen LogP contribution < -0.4 is 10.2 Å². The molecule has 0 aromatic heterocycles. The zero-order valence-corrected chi connectivity index (χ0v) is 13.2. The van der Waals surface area contributed by atoms with Crippen LogP contribution in [0, 0.1) is 11.2 Å². The van der Waals surface area contributed by atoms with Gasteiger partial charge in [-0.2, -0.15) is 0 Å². The maximum Gasteiger partial charge on any atom is 0.146 e. The quantitative estimate of drug-likeness (QED) is 0.836. The second-order valence-corrected chi connectivity index (χ2v) is 5.90. The highest BCUT2D eigenvalue weighted by atomic mass is 19.1. The molecular formula is C17H27FN2O. The molecule has 118 valence electrons. The first-order valence-corrected chi connectivity index (χ1v) is 7.99. The average molecular weight is 294 g/mol. The molecule has 0 saturated carbocycles. The second kappa shape index (κ2) is 7.76. The van der Waals surface area contributed by atoms with Crippen LogP contribution in [0.3, 0.4) is 0 Å². The molecule has 0 radical (unpaired) electrons. The van der Waals surface area contributed by atoms with Gasteiger partial charge in [0, 0.05) is 31.7 Å². The average Bonchev–Trinajstić information content (AvgIpc) is 2.52. The standard InChI is InChI=1S/C17H27FN2O/c1-3-19-12-17(10-7-11-21-14-17)13-20(4-2)16-9-6-5-8-15(16)18/h5-6,8-9,19H,3-4,7,10-14H2,1-2H3. The summed E-state index contributed by atoms with van der Waals surface area (Å²) in [6.07, 6.45) is 2.21. The van der Waals surface area contributed by atoms with Gasteiger partial charge in [0.2, 0.25) is 0 Å². The number of para-hydroxylation sites is 1. The van der Waals surface area contributed by atoms with Crippen molar-refractivity contribution in [1.29, 1.82) is 0 Å². The Morgan fingerprint density at radius 3 is 2.76 bits per heavy atom. The highest BCUT2D eigenvalue weighted by Gasteiger charge is 2.34. The molecule has 1 unspecified atom stereocenters. The van der Waals surface area contributed by atoms with Gasteiger partial charge in [-0.25, -0.2) is 4.39 Å². The number of ether oxygens (including phenoxy) is 1. The van der Waals surface area contributed by atoms with E-state index >= 15 is 0 Å². The Labute approximate surface area is 127 Å². The minimum absolute atomic E-state index is 0.0759. The molecule has 1 fully saturated rings. The lowest BCUT2D eigenvalue weighted by Gasteiger charge is -2.41. The minimum Gasteiger partial charge on any atom is -0.381 e. The van der Waals surface area contributed by atoms with Gasteiger partial charge in [-0.15, -0.1) is 0 Å². The third-order valence-corrected chi connectivity index (χ3v) is 4.26. The van der Waals surface area contributed by atoms with Crippen molar-refractivity contribution < 1.29 is 9.13 Å². The van der Waals surface area contributed by atoms with Crippen molar-refractivity contribution in [2.75, 3.05) is 44.3 Å². The summed E-state index contributed by atoms with van der Waals surface area (Å²) >= 11 is 0. The van der Waals surface area contributed by atoms with Crippen molar-refractivity contribution >= 4 is 5.69 Å². The fourth-order valence-electron chi connectivity index (χ4n) is 3.10. The SMILES string of the molecule is CCNCC1(CN(CC)c2ccccc2F)CCCOC1. The fraction of sp³-hybridized carbons (Fsp3) is 0.647. The molecule has 1 heterocycles. The molecule has 0 amide bonds. The van der Waals surface area contributed by atoms with Crippen molar-refractivity contribution in [3.05, 3.63) is 30.1 Å². The van der Waals surface area contributed by atoms with Crippen LogP contribution >= 0.6 is 0 Å². The lowest BCUT2D eigenvalue weighted by Crippen LogP contribution is -2.49. The Kier molecular flexibility index (Phi) is 6.00. The van der Waals surface area contributed by atoms with Gasteiger partial charge in [0.05, 0.1) is 12.3 Å². The molecule has 1 atom stereocenters. The predicted molar refractivity (Wildman–Crippen MR) is 85.3 cm³/mol. The van der Waals surface area contributed by atoms with Gasteiger partial charge < -0.3 is 15.0 Å². The molecule has 0 aliphatic carbocycles. The Balaban J connectivity index is 2.15. The van der Waals surface area contributed by atoms with E-state index < -0.39 is 0 Å². The van der Waals surface area contributed by atoms with Gasteiger partial charge in [-0.3, -0.25) is 0 Å². The van der Waals surface area contributed by atoms with Gasteiger partial charge in [0.1, 0.15) is 5.82 Å². The van der Waals surface area contributed by atoms with E-state index in [1.807, 2.05) is 12.1 Å². The second-order valence-electron chi connectivity index (χ2n) is 5.90. The van der Waals surface area contributed by atoms with Crippen LogP contribution in [-0.2, 0) is 4.74 Å². The highest BCUT2D eigenvalue weighted by Crippen LogP contribution is 2.31. The van der Waals surface area contributed by atoms with Gasteiger partial charge in [-0.05, 0) is 38.4 Å². The highest BCUT2D eigenvalue weighted by molar-refractivity contribution is 5.47. The Morgan fingerprint density at radius 2 is 2.14 bits per heavy atom. The molecule has 0 bridgehead atoms. The summed E-state index contributed by atoms with van der Waals surface area (Å²) < 4.78 is 19.8. The number of hydrogen-bond acceptors (Lipinski definition) is 3. The molecule has 0 spiro atoms. The molecular weight excluding hydrogens is 267 g/mol. The topological polar surface area (TPSA) is 24.5 Å². The molecule has 3 nitrogen and oxygen atoms in total. The van der Waals surface area contributed by atoms with E-state index in [2.05, 4.69) is 24.1 Å². The van der Waals surface area contributed by atoms with Crippen LogP contribution in [0.5, 0.6) is 0 Å². The molecule has 1 aromatic rings. The van der Waals surface area contributed by atoms with Crippen LogP contribution in [0.15, 0.2) is 24.3 Å². The zero-order chi connectivity index (χ0) is 15.1. The van der Waals surface area contributed by atoms with Crippen LogP contribution in [0.2, 0.25) is 0 Å². The van der Waals surface area contributed by atoms with Gasteiger partial charge in [-0.1, -0.05) is 19.1 Å². The Bertz CT molecular complexity index is 433. The summed E-state index contributed by atoms with van der Waals surface area (Å²) in [5, 5.41) is 3.45. The van der Waals surface area contributed by atoms with Crippen LogP contribution in [0.25, 0.3) is 0 Å². The van der Waals surface area contributed by atoms with E-state index in [4.69, 9.17) is 4.74 Å². The number of benzene rings is 1. The minimum atomic E-state index is -0.144. The van der Waals surface area contributed by atoms with Crippen molar-refractivity contribution in [2.24, 2.45) is 5.41 Å². The fourth-order valence-corrected chi connectivity index (χ4v) is 3.10. The Morgan fingerprint density at radius 1 is 1.33 bits per heavy atom. The first kappa shape index (κ1) is 16.2. The molecule has 4 heteroatoms. The van der Waals surface area contributed by atoms with E-state index in [1.165, 1.54) is 6.07 Å². The number of anilines is 1. The smallest absolute Gasteiger partial charge is 0.146 e. The molecule has 1 aromatic carbocycles. The summed E-state index contributed by atoms with van der Waals surface area (Å²) in [6, 6.07) is 7.04. The van der Waals surface area contributed by atoms with Crippen molar-refractivity contribution in [3.63, 3.8) is 0 Å². The Hall–Kier alpha value is -1.13. The van der Waals surface area contributed by atoms with Gasteiger partial charge in [0.15, 0.2) is 0 Å². The number of hydrogen-bond donors (Lipinski definition) is 1. The summed E-state index contributed by atoms with van der Waals surface area (Å²) in [7, 11) is 0.